The molecule has 3 aromatic rings. The molecule has 0 aromatic heterocycles. The lowest BCUT2D eigenvalue weighted by molar-refractivity contribution is 0.482. The summed E-state index contributed by atoms with van der Waals surface area (Å²) in [6.45, 7) is 1.91. The normalized spacial score (nSPS) is 11.7. The van der Waals surface area contributed by atoms with Gasteiger partial charge in [0, 0.05) is 0 Å². The van der Waals surface area contributed by atoms with Crippen molar-refractivity contribution in [1.82, 2.24) is 0 Å². The van der Waals surface area contributed by atoms with Crippen molar-refractivity contribution in [3.8, 4) is 0 Å². The molecule has 0 aliphatic rings. The molecule has 3 nitrogen and oxygen atoms in total. The minimum Gasteiger partial charge on any atom is -0.282 e. The molecule has 3 rings (SSSR count). The van der Waals surface area contributed by atoms with Crippen LogP contribution in [0.4, 0.5) is 0 Å². The molecule has 23 heavy (non-hydrogen) atoms. The molecule has 3 aromatic carbocycles. The first-order valence-corrected chi connectivity index (χ1v) is 8.93. The second-order valence-electron chi connectivity index (χ2n) is 5.72. The average molecular weight is 326 g/mol. The molecule has 0 saturated carbocycles. The lowest BCUT2D eigenvalue weighted by Crippen LogP contribution is -2.05. The first kappa shape index (κ1) is 15.7. The molecule has 0 spiro atoms. The van der Waals surface area contributed by atoms with Crippen LogP contribution in [0.1, 0.15) is 16.7 Å². The van der Waals surface area contributed by atoms with Crippen LogP contribution in [0.5, 0.6) is 0 Å². The van der Waals surface area contributed by atoms with Gasteiger partial charge < -0.3 is 0 Å². The number of hydrogen-bond acceptors (Lipinski definition) is 2. The van der Waals surface area contributed by atoms with Gasteiger partial charge in [0.15, 0.2) is 0 Å². The van der Waals surface area contributed by atoms with Gasteiger partial charge in [-0.2, -0.15) is 8.42 Å². The predicted molar refractivity (Wildman–Crippen MR) is 92.3 cm³/mol. The number of aryl methyl sites for hydroxylation is 3. The maximum Gasteiger partial charge on any atom is 0.294 e. The number of rotatable bonds is 4. The summed E-state index contributed by atoms with van der Waals surface area (Å²) in [5.74, 6) is 0. The van der Waals surface area contributed by atoms with Crippen molar-refractivity contribution in [2.45, 2.75) is 24.7 Å². The van der Waals surface area contributed by atoms with Crippen molar-refractivity contribution >= 4 is 20.9 Å². The largest absolute Gasteiger partial charge is 0.294 e. The molecule has 0 unspecified atom stereocenters. The smallest absolute Gasteiger partial charge is 0.282 e. The first-order valence-electron chi connectivity index (χ1n) is 7.49. The van der Waals surface area contributed by atoms with Gasteiger partial charge in [-0.05, 0) is 47.7 Å². The van der Waals surface area contributed by atoms with Crippen LogP contribution in [0.2, 0.25) is 0 Å². The van der Waals surface area contributed by atoms with Crippen molar-refractivity contribution < 1.29 is 13.0 Å². The third kappa shape index (κ3) is 3.44. The molecule has 0 bridgehead atoms. The maximum atomic E-state index is 11.5. The summed E-state index contributed by atoms with van der Waals surface area (Å²) in [5.41, 5.74) is 2.80. The Labute approximate surface area is 136 Å². The first-order chi connectivity index (χ1) is 10.9. The van der Waals surface area contributed by atoms with Crippen LogP contribution >= 0.6 is 0 Å². The summed E-state index contributed by atoms with van der Waals surface area (Å²) < 4.78 is 32.5. The van der Waals surface area contributed by atoms with E-state index >= 15 is 0 Å². The zero-order chi connectivity index (χ0) is 16.4. The summed E-state index contributed by atoms with van der Waals surface area (Å²) in [7, 11) is -4.20. The Hall–Kier alpha value is -2.17. The Balaban J connectivity index is 1.96. The molecular formula is C19H18O3S. The van der Waals surface area contributed by atoms with Gasteiger partial charge in [0.25, 0.3) is 10.1 Å². The lowest BCUT2D eigenvalue weighted by atomic mass is 9.98. The minimum absolute atomic E-state index is 0.00309. The van der Waals surface area contributed by atoms with E-state index in [1.807, 2.05) is 31.2 Å². The van der Waals surface area contributed by atoms with Crippen molar-refractivity contribution in [2.24, 2.45) is 0 Å². The van der Waals surface area contributed by atoms with E-state index in [0.29, 0.717) is 18.4 Å². The van der Waals surface area contributed by atoms with E-state index in [0.717, 1.165) is 5.56 Å². The van der Waals surface area contributed by atoms with Crippen molar-refractivity contribution in [3.05, 3.63) is 77.4 Å². The zero-order valence-electron chi connectivity index (χ0n) is 12.9. The van der Waals surface area contributed by atoms with E-state index in [4.69, 9.17) is 0 Å². The standard InChI is InChI=1S/C19H18O3S/c1-14-9-12-19(23(20,21)22)17(13-14)11-10-16-7-4-6-15-5-2-3-8-18(15)16/h2-9,12-13H,10-11H2,1H3,(H,20,21,22). The fourth-order valence-corrected chi connectivity index (χ4v) is 3.67. The third-order valence-corrected chi connectivity index (χ3v) is 4.99. The molecule has 0 atom stereocenters. The molecule has 0 fully saturated rings. The Morgan fingerprint density at radius 3 is 2.35 bits per heavy atom. The van der Waals surface area contributed by atoms with Gasteiger partial charge in [-0.3, -0.25) is 4.55 Å². The van der Waals surface area contributed by atoms with Crippen LogP contribution < -0.4 is 0 Å². The van der Waals surface area contributed by atoms with Gasteiger partial charge >= 0.3 is 0 Å². The molecule has 1 N–H and O–H groups in total. The van der Waals surface area contributed by atoms with Crippen LogP contribution in [-0.4, -0.2) is 13.0 Å². The molecule has 0 heterocycles. The highest BCUT2D eigenvalue weighted by Gasteiger charge is 2.15. The molecule has 0 amide bonds. The lowest BCUT2D eigenvalue weighted by Gasteiger charge is -2.10. The molecule has 0 radical (unpaired) electrons. The molecule has 4 heteroatoms. The van der Waals surface area contributed by atoms with E-state index in [1.54, 1.807) is 6.07 Å². The van der Waals surface area contributed by atoms with Crippen LogP contribution in [0.25, 0.3) is 10.8 Å². The Morgan fingerprint density at radius 1 is 0.870 bits per heavy atom. The summed E-state index contributed by atoms with van der Waals surface area (Å²) in [4.78, 5) is 0.00309. The van der Waals surface area contributed by atoms with E-state index in [1.165, 1.54) is 22.4 Å². The predicted octanol–water partition coefficient (Wildman–Crippen LogP) is 4.18. The van der Waals surface area contributed by atoms with Crippen LogP contribution in [0.15, 0.2) is 65.6 Å². The van der Waals surface area contributed by atoms with Crippen LogP contribution in [0.3, 0.4) is 0 Å². The van der Waals surface area contributed by atoms with Gasteiger partial charge in [0.1, 0.15) is 0 Å². The van der Waals surface area contributed by atoms with Crippen LogP contribution in [0, 0.1) is 6.92 Å². The fraction of sp³-hybridized carbons (Fsp3) is 0.158. The van der Waals surface area contributed by atoms with E-state index in [9.17, 15) is 13.0 Å². The van der Waals surface area contributed by atoms with Crippen molar-refractivity contribution in [3.63, 3.8) is 0 Å². The monoisotopic (exact) mass is 326 g/mol. The number of fused-ring (bicyclic) bond motifs is 1. The third-order valence-electron chi connectivity index (χ3n) is 4.04. The highest BCUT2D eigenvalue weighted by molar-refractivity contribution is 7.85. The molecule has 0 aliphatic heterocycles. The van der Waals surface area contributed by atoms with Gasteiger partial charge in [-0.15, -0.1) is 0 Å². The second kappa shape index (κ2) is 6.14. The molecular weight excluding hydrogens is 308 g/mol. The van der Waals surface area contributed by atoms with E-state index in [2.05, 4.69) is 24.3 Å². The average Bonchev–Trinajstić information content (AvgIpc) is 2.51. The highest BCUT2D eigenvalue weighted by Crippen LogP contribution is 2.23. The van der Waals surface area contributed by atoms with Crippen LogP contribution in [-0.2, 0) is 23.0 Å². The number of benzene rings is 3. The topological polar surface area (TPSA) is 54.4 Å². The summed E-state index contributed by atoms with van der Waals surface area (Å²) >= 11 is 0. The molecule has 118 valence electrons. The van der Waals surface area contributed by atoms with Gasteiger partial charge in [0.2, 0.25) is 0 Å². The van der Waals surface area contributed by atoms with Crippen molar-refractivity contribution in [1.29, 1.82) is 0 Å². The summed E-state index contributed by atoms with van der Waals surface area (Å²) in [6, 6.07) is 19.3. The maximum absolute atomic E-state index is 11.5. The van der Waals surface area contributed by atoms with Crippen molar-refractivity contribution in [2.75, 3.05) is 0 Å². The molecule has 0 saturated heterocycles. The zero-order valence-corrected chi connectivity index (χ0v) is 13.7. The van der Waals surface area contributed by atoms with Gasteiger partial charge in [-0.1, -0.05) is 60.2 Å². The number of hydrogen-bond donors (Lipinski definition) is 1. The van der Waals surface area contributed by atoms with Gasteiger partial charge in [0.05, 0.1) is 4.90 Å². The summed E-state index contributed by atoms with van der Waals surface area (Å²) in [5, 5.41) is 2.35. The van der Waals surface area contributed by atoms with Gasteiger partial charge in [-0.25, -0.2) is 0 Å². The summed E-state index contributed by atoms with van der Waals surface area (Å²) in [6.07, 6.45) is 1.28. The Morgan fingerprint density at radius 2 is 1.57 bits per heavy atom. The SMILES string of the molecule is Cc1ccc(S(=O)(=O)O)c(CCc2cccc3ccccc23)c1. The minimum atomic E-state index is -4.20. The Bertz CT molecular complexity index is 954. The second-order valence-corrected chi connectivity index (χ2v) is 7.11. The fourth-order valence-electron chi connectivity index (χ4n) is 2.94. The quantitative estimate of drug-likeness (QED) is 0.732. The highest BCUT2D eigenvalue weighted by atomic mass is 32.2. The van der Waals surface area contributed by atoms with E-state index in [-0.39, 0.29) is 4.90 Å². The molecule has 0 aliphatic carbocycles. The Kier molecular flexibility index (Phi) is 4.20. The van der Waals surface area contributed by atoms with E-state index < -0.39 is 10.1 Å².